The number of hydrogen-bond donors (Lipinski definition) is 4. The summed E-state index contributed by atoms with van der Waals surface area (Å²) in [6.07, 6.45) is 7.67. The number of carbonyl (C=O) groups is 4. The van der Waals surface area contributed by atoms with Crippen molar-refractivity contribution in [2.75, 3.05) is 51.0 Å². The van der Waals surface area contributed by atoms with Crippen LogP contribution in [0.3, 0.4) is 0 Å². The summed E-state index contributed by atoms with van der Waals surface area (Å²) >= 11 is 0. The van der Waals surface area contributed by atoms with Gasteiger partial charge in [-0.15, -0.1) is 0 Å². The number of anilines is 1. The van der Waals surface area contributed by atoms with E-state index < -0.39 is 84.2 Å². The molecule has 18 nitrogen and oxygen atoms in total. The van der Waals surface area contributed by atoms with Gasteiger partial charge in [-0.05, 0) is 75.5 Å². The molecule has 1 aromatic carbocycles. The second-order valence-corrected chi connectivity index (χ2v) is 21.8. The number of piperazine rings is 1. The van der Waals surface area contributed by atoms with Gasteiger partial charge in [0, 0.05) is 49.3 Å². The molecule has 1 aromatic heterocycles. The van der Waals surface area contributed by atoms with Crippen molar-refractivity contribution in [1.82, 2.24) is 29.5 Å². The molecule has 2 saturated carbocycles. The second-order valence-electron chi connectivity index (χ2n) is 17.6. The van der Waals surface area contributed by atoms with Gasteiger partial charge in [0.05, 0.1) is 36.5 Å². The first-order chi connectivity index (χ1) is 28.8. The Morgan fingerprint density at radius 2 is 1.79 bits per heavy atom. The summed E-state index contributed by atoms with van der Waals surface area (Å²) in [5, 5.41) is 16.6. The van der Waals surface area contributed by atoms with Gasteiger partial charge in [-0.2, -0.15) is 4.31 Å². The van der Waals surface area contributed by atoms with E-state index in [1.54, 1.807) is 32.4 Å². The van der Waals surface area contributed by atoms with E-state index in [0.29, 0.717) is 69.4 Å². The fourth-order valence-corrected chi connectivity index (χ4v) is 11.2. The number of fused-ring (bicyclic) bond motifs is 3. The lowest BCUT2D eigenvalue weighted by atomic mass is 9.85. The number of nitrogens with zero attached hydrogens (tertiary/aromatic N) is 4. The number of ether oxygens (including phenoxy) is 2. The smallest absolute Gasteiger partial charge is 0.405 e. The minimum absolute atomic E-state index is 0.0480. The molecule has 0 radical (unpaired) electrons. The number of hydrogen-bond acceptors (Lipinski definition) is 12. The third kappa shape index (κ3) is 9.12. The zero-order valence-electron chi connectivity index (χ0n) is 35.3. The van der Waals surface area contributed by atoms with Crippen LogP contribution >= 0.6 is 0 Å². The molecule has 334 valence electrons. The maximum atomic E-state index is 14.7. The number of rotatable bonds is 10. The number of carboxylic acid groups (broad SMARTS) is 1. The molecule has 2 saturated heterocycles. The summed E-state index contributed by atoms with van der Waals surface area (Å²) in [4.78, 5) is 63.6. The van der Waals surface area contributed by atoms with Gasteiger partial charge in [0.2, 0.25) is 37.7 Å². The van der Waals surface area contributed by atoms with Gasteiger partial charge in [0.25, 0.3) is 5.91 Å². The highest BCUT2D eigenvalue weighted by molar-refractivity contribution is 7.91. The summed E-state index contributed by atoms with van der Waals surface area (Å²) < 4.78 is 65.6. The van der Waals surface area contributed by atoms with Gasteiger partial charge in [0.1, 0.15) is 29.5 Å². The number of pyridine rings is 1. The first-order valence-electron chi connectivity index (χ1n) is 21.0. The topological polar surface area (TPSA) is 234 Å². The molecule has 61 heavy (non-hydrogen) atoms. The van der Waals surface area contributed by atoms with Crippen LogP contribution in [-0.4, -0.2) is 135 Å². The minimum atomic E-state index is -4.04. The van der Waals surface area contributed by atoms with Crippen molar-refractivity contribution in [3.63, 3.8) is 0 Å². The van der Waals surface area contributed by atoms with Crippen LogP contribution in [0.2, 0.25) is 0 Å². The maximum Gasteiger partial charge on any atom is 0.405 e. The zero-order chi connectivity index (χ0) is 44.1. The number of benzene rings is 1. The molecule has 4 fully saturated rings. The van der Waals surface area contributed by atoms with E-state index in [0.717, 1.165) is 17.5 Å². The van der Waals surface area contributed by atoms with Crippen LogP contribution in [0.15, 0.2) is 36.5 Å². The summed E-state index contributed by atoms with van der Waals surface area (Å²) in [6.45, 7) is 6.80. The van der Waals surface area contributed by atoms with Crippen molar-refractivity contribution < 1.29 is 50.6 Å². The molecule has 4 heterocycles. The van der Waals surface area contributed by atoms with Gasteiger partial charge < -0.3 is 35.0 Å². The number of sulfonamides is 2. The normalized spacial score (nSPS) is 29.7. The Labute approximate surface area is 356 Å². The Bertz CT molecular complexity index is 2310. The monoisotopic (exact) mass is 887 g/mol. The van der Waals surface area contributed by atoms with E-state index in [1.165, 1.54) is 15.5 Å². The van der Waals surface area contributed by atoms with E-state index in [4.69, 9.17) is 14.5 Å². The van der Waals surface area contributed by atoms with Crippen molar-refractivity contribution >= 4 is 60.3 Å². The SMILES string of the molecule is CC[C@@H]1C[C@H](C)CCC=C[C@@H]2C[C@@]2(C(=O)NS(=O)(=O)C2(C)CC2)NC(=O)[C@@H]2C[C@@H](Oc3ncc(N4CCN(S(C)(=O)=O)CC4)c4cc(OC)ccc34)CN2C(=O)[C@H]1NC(=O)O. The van der Waals surface area contributed by atoms with Crippen LogP contribution in [-0.2, 0) is 34.4 Å². The summed E-state index contributed by atoms with van der Waals surface area (Å²) in [5.74, 6) is -2.18. The van der Waals surface area contributed by atoms with Crippen LogP contribution in [0, 0.1) is 17.8 Å². The van der Waals surface area contributed by atoms with E-state index in [-0.39, 0.29) is 31.2 Å². The number of methoxy groups -OCH3 is 1. The Morgan fingerprint density at radius 1 is 1.07 bits per heavy atom. The Hall–Kier alpha value is -4.69. The second kappa shape index (κ2) is 16.9. The lowest BCUT2D eigenvalue weighted by Gasteiger charge is -2.35. The standard InChI is InChI=1S/C41H57N7O11S2/c1-6-26-19-25(2)9-7-8-10-27-22-41(27,38(51)45-61(56,57)40(3)13-14-40)44-35(49)32-21-29(24-48(32)37(50)34(26)43-39(52)53)59-36-30-12-11-28(58-4)20-31(30)33(23-42-36)46-15-17-47(18-16-46)60(5,54)55/h8,10-12,20,23,25-27,29,32,34,43H,6-7,9,13-19,21-22,24H2,1-5H3,(H,44,49)(H,45,51)(H,52,53)/t25-,26-,27-,29-,32+,34+,41-/m1/s1. The Kier molecular flexibility index (Phi) is 12.3. The highest BCUT2D eigenvalue weighted by Gasteiger charge is 2.63. The van der Waals surface area contributed by atoms with E-state index in [1.807, 2.05) is 37.0 Å². The predicted octanol–water partition coefficient (Wildman–Crippen LogP) is 2.59. The van der Waals surface area contributed by atoms with Crippen molar-refractivity contribution in [3.05, 3.63) is 36.5 Å². The van der Waals surface area contributed by atoms with Gasteiger partial charge in [0.15, 0.2) is 0 Å². The van der Waals surface area contributed by atoms with E-state index >= 15 is 0 Å². The fourth-order valence-electron chi connectivity index (χ4n) is 9.02. The molecule has 4 amide bonds. The van der Waals surface area contributed by atoms with Crippen LogP contribution in [0.25, 0.3) is 10.8 Å². The molecule has 0 bridgehead atoms. The third-order valence-electron chi connectivity index (χ3n) is 13.2. The van der Waals surface area contributed by atoms with Crippen LogP contribution in [0.1, 0.15) is 72.1 Å². The highest BCUT2D eigenvalue weighted by Crippen LogP contribution is 2.48. The average Bonchev–Trinajstić information content (AvgIpc) is 4.10. The van der Waals surface area contributed by atoms with Gasteiger partial charge in [-0.1, -0.05) is 32.4 Å². The summed E-state index contributed by atoms with van der Waals surface area (Å²) in [7, 11) is -5.86. The van der Waals surface area contributed by atoms with Crippen LogP contribution < -0.4 is 29.7 Å². The molecule has 0 spiro atoms. The number of aromatic nitrogens is 1. The quantitative estimate of drug-likeness (QED) is 0.252. The van der Waals surface area contributed by atoms with Gasteiger partial charge in [-0.25, -0.2) is 26.6 Å². The largest absolute Gasteiger partial charge is 0.497 e. The lowest BCUT2D eigenvalue weighted by Crippen LogP contribution is -2.59. The molecular formula is C41H57N7O11S2. The Balaban J connectivity index is 1.22. The first kappa shape index (κ1) is 44.4. The number of carbonyl (C=O) groups excluding carboxylic acids is 3. The summed E-state index contributed by atoms with van der Waals surface area (Å²) in [5.41, 5.74) is -0.852. The summed E-state index contributed by atoms with van der Waals surface area (Å²) in [6, 6.07) is 2.96. The fraction of sp³-hybridized carbons (Fsp3) is 0.634. The molecule has 4 N–H and O–H groups in total. The van der Waals surface area contributed by atoms with E-state index in [2.05, 4.69) is 15.4 Å². The number of allylic oxidation sites excluding steroid dienone is 1. The molecular weight excluding hydrogens is 831 g/mol. The molecule has 2 aromatic rings. The number of nitrogens with one attached hydrogen (secondary N) is 3. The molecule has 5 aliphatic rings. The average molecular weight is 888 g/mol. The third-order valence-corrected chi connectivity index (χ3v) is 16.7. The minimum Gasteiger partial charge on any atom is -0.497 e. The van der Waals surface area contributed by atoms with Crippen LogP contribution in [0.4, 0.5) is 10.5 Å². The molecule has 2 aliphatic carbocycles. The van der Waals surface area contributed by atoms with Crippen molar-refractivity contribution in [1.29, 1.82) is 0 Å². The van der Waals surface area contributed by atoms with Crippen molar-refractivity contribution in [2.24, 2.45) is 17.8 Å². The van der Waals surface area contributed by atoms with Gasteiger partial charge >= 0.3 is 6.09 Å². The predicted molar refractivity (Wildman–Crippen MR) is 226 cm³/mol. The Morgan fingerprint density at radius 3 is 2.43 bits per heavy atom. The molecule has 7 atom stereocenters. The first-order valence-corrected chi connectivity index (χ1v) is 24.3. The van der Waals surface area contributed by atoms with Crippen molar-refractivity contribution in [2.45, 2.75) is 101 Å². The van der Waals surface area contributed by atoms with Crippen LogP contribution in [0.5, 0.6) is 11.6 Å². The molecule has 3 aliphatic heterocycles. The molecule has 20 heteroatoms. The number of amides is 4. The maximum absolute atomic E-state index is 14.7. The highest BCUT2D eigenvalue weighted by atomic mass is 32.2. The van der Waals surface area contributed by atoms with Crippen molar-refractivity contribution in [3.8, 4) is 11.6 Å². The lowest BCUT2D eigenvalue weighted by molar-refractivity contribution is -0.142. The van der Waals surface area contributed by atoms with Gasteiger partial charge in [-0.3, -0.25) is 19.1 Å². The van der Waals surface area contributed by atoms with E-state index in [9.17, 15) is 41.1 Å². The molecule has 7 rings (SSSR count). The molecule has 0 unspecified atom stereocenters. The zero-order valence-corrected chi connectivity index (χ0v) is 36.9.